The van der Waals surface area contributed by atoms with Crippen LogP contribution < -0.4 is 0 Å². The second kappa shape index (κ2) is 7.59. The average molecular weight is 370 g/mol. The molecule has 2 aromatic rings. The summed E-state index contributed by atoms with van der Waals surface area (Å²) in [6, 6.07) is 10.5. The molecule has 2 atom stereocenters. The maximum absolute atomic E-state index is 11.3. The van der Waals surface area contributed by atoms with Crippen LogP contribution in [0.25, 0.3) is 0 Å². The highest BCUT2D eigenvalue weighted by atomic mass is 32.7. The smallest absolute Gasteiger partial charge is 0.388 e. The quantitative estimate of drug-likeness (QED) is 0.494. The van der Waals surface area contributed by atoms with Crippen LogP contribution in [0, 0.1) is 0 Å². The predicted molar refractivity (Wildman–Crippen MR) is 92.1 cm³/mol. The standard InChI is InChI=1S/C16H19O6PS/c1-2-13(10-4-3-5-11(17)8-10)16(19)14-9-12(18)6-7-15(14)24-23(20,21)22/h3-9,13,16-19H,2H2,1H3,(H2,20,21,22). The third-order valence-corrected chi connectivity index (χ3v) is 5.76. The van der Waals surface area contributed by atoms with Crippen LogP contribution >= 0.6 is 18.2 Å². The van der Waals surface area contributed by atoms with Crippen molar-refractivity contribution in [3.05, 3.63) is 53.6 Å². The Hall–Kier alpha value is -1.50. The van der Waals surface area contributed by atoms with Crippen molar-refractivity contribution in [3.63, 3.8) is 0 Å². The van der Waals surface area contributed by atoms with Crippen LogP contribution in [0.3, 0.4) is 0 Å². The van der Waals surface area contributed by atoms with Gasteiger partial charge in [0.15, 0.2) is 0 Å². The van der Waals surface area contributed by atoms with E-state index in [1.165, 1.54) is 30.3 Å². The Morgan fingerprint density at radius 2 is 1.75 bits per heavy atom. The summed E-state index contributed by atoms with van der Waals surface area (Å²) in [5.74, 6) is -0.446. The van der Waals surface area contributed by atoms with Crippen molar-refractivity contribution in [2.45, 2.75) is 30.3 Å². The van der Waals surface area contributed by atoms with Crippen molar-refractivity contribution in [2.75, 3.05) is 0 Å². The molecule has 0 saturated carbocycles. The highest BCUT2D eigenvalue weighted by molar-refractivity contribution is 8.54. The first kappa shape index (κ1) is 18.8. The Bertz CT molecular complexity index is 760. The molecule has 2 unspecified atom stereocenters. The Morgan fingerprint density at radius 1 is 1.08 bits per heavy atom. The van der Waals surface area contributed by atoms with Crippen molar-refractivity contribution >= 4 is 18.2 Å². The van der Waals surface area contributed by atoms with Crippen molar-refractivity contribution in [1.29, 1.82) is 0 Å². The van der Waals surface area contributed by atoms with Gasteiger partial charge >= 0.3 is 6.80 Å². The molecular formula is C16H19O6PS. The second-order valence-electron chi connectivity index (χ2n) is 5.36. The molecule has 0 radical (unpaired) electrons. The lowest BCUT2D eigenvalue weighted by molar-refractivity contribution is 0.139. The number of aliphatic hydroxyl groups is 1. The molecule has 0 aromatic heterocycles. The van der Waals surface area contributed by atoms with E-state index in [1.54, 1.807) is 12.1 Å². The summed E-state index contributed by atoms with van der Waals surface area (Å²) < 4.78 is 11.3. The first-order chi connectivity index (χ1) is 11.2. The van der Waals surface area contributed by atoms with Crippen LogP contribution in [0.5, 0.6) is 11.5 Å². The van der Waals surface area contributed by atoms with Gasteiger partial charge in [-0.3, -0.25) is 0 Å². The lowest BCUT2D eigenvalue weighted by Crippen LogP contribution is -2.11. The minimum atomic E-state index is -4.40. The molecule has 0 fully saturated rings. The van der Waals surface area contributed by atoms with E-state index in [2.05, 4.69) is 0 Å². The van der Waals surface area contributed by atoms with Crippen LogP contribution in [0.4, 0.5) is 0 Å². The van der Waals surface area contributed by atoms with Gasteiger partial charge in [-0.05, 0) is 59.3 Å². The van der Waals surface area contributed by atoms with Gasteiger partial charge in [0.1, 0.15) is 11.5 Å². The summed E-state index contributed by atoms with van der Waals surface area (Å²) in [5.41, 5.74) is 0.930. The molecule has 5 N–H and O–H groups in total. The highest BCUT2D eigenvalue weighted by Gasteiger charge is 2.27. The van der Waals surface area contributed by atoms with Crippen LogP contribution in [0.2, 0.25) is 0 Å². The topological polar surface area (TPSA) is 118 Å². The number of hydrogen-bond donors (Lipinski definition) is 5. The Balaban J connectivity index is 2.44. The Kier molecular flexibility index (Phi) is 5.96. The summed E-state index contributed by atoms with van der Waals surface area (Å²) >= 11 is 0.337. The number of phenols is 2. The van der Waals surface area contributed by atoms with Crippen LogP contribution in [-0.4, -0.2) is 25.1 Å². The zero-order valence-electron chi connectivity index (χ0n) is 12.9. The summed E-state index contributed by atoms with van der Waals surface area (Å²) in [4.78, 5) is 18.6. The number of aliphatic hydroxyl groups excluding tert-OH is 1. The lowest BCUT2D eigenvalue weighted by Gasteiger charge is -2.24. The molecule has 0 aliphatic carbocycles. The van der Waals surface area contributed by atoms with Gasteiger partial charge in [-0.2, -0.15) is 0 Å². The minimum Gasteiger partial charge on any atom is -0.508 e. The van der Waals surface area contributed by atoms with Gasteiger partial charge in [0.2, 0.25) is 0 Å². The monoisotopic (exact) mass is 370 g/mol. The van der Waals surface area contributed by atoms with E-state index in [4.69, 9.17) is 0 Å². The van der Waals surface area contributed by atoms with Gasteiger partial charge in [0.25, 0.3) is 0 Å². The average Bonchev–Trinajstić information content (AvgIpc) is 2.48. The van der Waals surface area contributed by atoms with Crippen LogP contribution in [0.15, 0.2) is 47.4 Å². The van der Waals surface area contributed by atoms with E-state index < -0.39 is 18.8 Å². The molecule has 0 heterocycles. The zero-order chi connectivity index (χ0) is 17.9. The Morgan fingerprint density at radius 3 is 2.33 bits per heavy atom. The van der Waals surface area contributed by atoms with E-state index in [9.17, 15) is 29.7 Å². The fourth-order valence-corrected chi connectivity index (χ4v) is 4.53. The normalized spacial score (nSPS) is 14.3. The maximum Gasteiger partial charge on any atom is 0.388 e. The lowest BCUT2D eigenvalue weighted by atomic mass is 9.87. The van der Waals surface area contributed by atoms with Crippen molar-refractivity contribution in [1.82, 2.24) is 0 Å². The summed E-state index contributed by atoms with van der Waals surface area (Å²) in [6.45, 7) is -2.55. The van der Waals surface area contributed by atoms with Gasteiger partial charge in [-0.15, -0.1) is 0 Å². The van der Waals surface area contributed by atoms with E-state index in [0.717, 1.165) is 0 Å². The molecule has 8 heteroatoms. The highest BCUT2D eigenvalue weighted by Crippen LogP contribution is 2.56. The number of hydrogen-bond acceptors (Lipinski definition) is 5. The van der Waals surface area contributed by atoms with Gasteiger partial charge in [0, 0.05) is 10.8 Å². The summed E-state index contributed by atoms with van der Waals surface area (Å²) in [5, 5.41) is 30.1. The number of benzene rings is 2. The molecule has 24 heavy (non-hydrogen) atoms. The first-order valence-corrected chi connectivity index (χ1v) is 10.3. The first-order valence-electron chi connectivity index (χ1n) is 7.26. The SMILES string of the molecule is CCC(c1cccc(O)c1)C(O)c1cc(O)ccc1SP(=O)(O)O. The fraction of sp³-hybridized carbons (Fsp3) is 0.250. The number of rotatable bonds is 6. The molecule has 0 aliphatic rings. The van der Waals surface area contributed by atoms with Crippen molar-refractivity contribution in [3.8, 4) is 11.5 Å². The van der Waals surface area contributed by atoms with Gasteiger partial charge in [0.05, 0.1) is 6.10 Å². The molecule has 0 bridgehead atoms. The van der Waals surface area contributed by atoms with Gasteiger partial charge in [-0.25, -0.2) is 4.57 Å². The molecule has 0 aliphatic heterocycles. The largest absolute Gasteiger partial charge is 0.508 e. The van der Waals surface area contributed by atoms with Gasteiger partial charge in [-0.1, -0.05) is 19.1 Å². The molecular weight excluding hydrogens is 351 g/mol. The maximum atomic E-state index is 11.3. The second-order valence-corrected chi connectivity index (χ2v) is 8.94. The third-order valence-electron chi connectivity index (χ3n) is 3.65. The molecule has 2 aromatic carbocycles. The predicted octanol–water partition coefficient (Wildman–Crippen LogP) is 3.51. The van der Waals surface area contributed by atoms with E-state index >= 15 is 0 Å². The third kappa shape index (κ3) is 4.75. The van der Waals surface area contributed by atoms with E-state index in [-0.39, 0.29) is 22.0 Å². The molecule has 6 nitrogen and oxygen atoms in total. The molecule has 0 amide bonds. The number of aromatic hydroxyl groups is 2. The molecule has 0 saturated heterocycles. The number of phenolic OH excluding ortho intramolecular Hbond substituents is 2. The molecule has 2 rings (SSSR count). The minimum absolute atomic E-state index is 0.0684. The van der Waals surface area contributed by atoms with Crippen molar-refractivity contribution in [2.24, 2.45) is 0 Å². The fourth-order valence-electron chi connectivity index (χ4n) is 2.59. The van der Waals surface area contributed by atoms with E-state index in [1.807, 2.05) is 6.92 Å². The van der Waals surface area contributed by atoms with Crippen LogP contribution in [-0.2, 0) is 4.57 Å². The zero-order valence-corrected chi connectivity index (χ0v) is 14.6. The van der Waals surface area contributed by atoms with Crippen molar-refractivity contribution < 1.29 is 29.7 Å². The van der Waals surface area contributed by atoms with Crippen LogP contribution in [0.1, 0.15) is 36.5 Å². The molecule has 0 spiro atoms. The summed E-state index contributed by atoms with van der Waals surface area (Å²) in [6.07, 6.45) is -0.571. The summed E-state index contributed by atoms with van der Waals surface area (Å²) in [7, 11) is 0. The Labute approximate surface area is 143 Å². The van der Waals surface area contributed by atoms with Gasteiger partial charge < -0.3 is 25.1 Å². The van der Waals surface area contributed by atoms with E-state index in [0.29, 0.717) is 23.4 Å². The molecule has 130 valence electrons.